The van der Waals surface area contributed by atoms with Crippen molar-refractivity contribution in [2.45, 2.75) is 45.3 Å². The molecule has 2 aromatic carbocycles. The van der Waals surface area contributed by atoms with E-state index >= 15 is 0 Å². The Hall–Kier alpha value is -3.06. The number of hydrogen-bond donors (Lipinski definition) is 1. The van der Waals surface area contributed by atoms with Crippen LogP contribution >= 0.6 is 11.6 Å². The molecule has 4 rings (SSSR count). The monoisotopic (exact) mass is 454 g/mol. The summed E-state index contributed by atoms with van der Waals surface area (Å²) < 4.78 is 7.60. The summed E-state index contributed by atoms with van der Waals surface area (Å²) in [5, 5.41) is 3.52. The van der Waals surface area contributed by atoms with Crippen LogP contribution in [0.5, 0.6) is 0 Å². The molecule has 1 aliphatic rings. The van der Waals surface area contributed by atoms with Crippen molar-refractivity contribution in [2.24, 2.45) is 0 Å². The van der Waals surface area contributed by atoms with E-state index in [-0.39, 0.29) is 18.0 Å². The van der Waals surface area contributed by atoms with Crippen molar-refractivity contribution in [1.29, 1.82) is 0 Å². The second-order valence-electron chi connectivity index (χ2n) is 8.98. The summed E-state index contributed by atoms with van der Waals surface area (Å²) in [7, 11) is 0. The zero-order valence-corrected chi connectivity index (χ0v) is 19.2. The van der Waals surface area contributed by atoms with Crippen LogP contribution in [0.25, 0.3) is 11.0 Å². The molecule has 1 aromatic heterocycles. The average molecular weight is 455 g/mol. The fourth-order valence-electron chi connectivity index (χ4n) is 3.94. The first-order valence-electron chi connectivity index (χ1n) is 10.7. The van der Waals surface area contributed by atoms with Crippen molar-refractivity contribution in [2.75, 3.05) is 18.4 Å². The maximum Gasteiger partial charge on any atom is 0.410 e. The third-order valence-corrected chi connectivity index (χ3v) is 5.59. The van der Waals surface area contributed by atoms with Gasteiger partial charge in [0.25, 0.3) is 5.91 Å². The molecule has 1 saturated heterocycles. The molecule has 1 aliphatic heterocycles. The predicted molar refractivity (Wildman–Crippen MR) is 125 cm³/mol. The Morgan fingerprint density at radius 1 is 1.12 bits per heavy atom. The topological polar surface area (TPSA) is 76.5 Å². The average Bonchev–Trinajstić information content (AvgIpc) is 3.11. The SMILES string of the molecule is CC(C)(C)OC(=O)N1CCCC(n2c(NC(=O)c3ccc(Cl)cc3)nc3ccccc32)C1. The van der Waals surface area contributed by atoms with Gasteiger partial charge in [-0.15, -0.1) is 0 Å². The van der Waals surface area contributed by atoms with Crippen molar-refractivity contribution in [1.82, 2.24) is 14.5 Å². The molecule has 0 bridgehead atoms. The van der Waals surface area contributed by atoms with Crippen molar-refractivity contribution < 1.29 is 14.3 Å². The maximum atomic E-state index is 12.9. The Bertz CT molecular complexity index is 1130. The van der Waals surface area contributed by atoms with Gasteiger partial charge in [-0.25, -0.2) is 9.78 Å². The second-order valence-corrected chi connectivity index (χ2v) is 9.41. The Balaban J connectivity index is 1.63. The van der Waals surface area contributed by atoms with Crippen LogP contribution in [0.3, 0.4) is 0 Å². The van der Waals surface area contributed by atoms with E-state index in [1.165, 1.54) is 0 Å². The first kappa shape index (κ1) is 22.1. The lowest BCUT2D eigenvalue weighted by Crippen LogP contribution is -2.43. The number of nitrogens with zero attached hydrogens (tertiary/aromatic N) is 3. The van der Waals surface area contributed by atoms with E-state index in [0.717, 1.165) is 23.9 Å². The maximum absolute atomic E-state index is 12.9. The number of ether oxygens (including phenoxy) is 1. The van der Waals surface area contributed by atoms with Gasteiger partial charge >= 0.3 is 6.09 Å². The van der Waals surface area contributed by atoms with Gasteiger partial charge < -0.3 is 14.2 Å². The lowest BCUT2D eigenvalue weighted by molar-refractivity contribution is 0.0174. The van der Waals surface area contributed by atoms with Gasteiger partial charge in [0.1, 0.15) is 5.60 Å². The lowest BCUT2D eigenvalue weighted by atomic mass is 10.1. The van der Waals surface area contributed by atoms with Crippen LogP contribution in [-0.4, -0.2) is 45.1 Å². The molecular formula is C24H27ClN4O3. The Morgan fingerprint density at radius 3 is 2.56 bits per heavy atom. The smallest absolute Gasteiger partial charge is 0.410 e. The van der Waals surface area contributed by atoms with Crippen molar-refractivity contribution in [3.8, 4) is 0 Å². The van der Waals surface area contributed by atoms with E-state index in [9.17, 15) is 9.59 Å². The van der Waals surface area contributed by atoms with E-state index in [1.54, 1.807) is 29.2 Å². The molecule has 1 fully saturated rings. The van der Waals surface area contributed by atoms with Gasteiger partial charge in [-0.1, -0.05) is 23.7 Å². The first-order chi connectivity index (χ1) is 15.2. The number of hydrogen-bond acceptors (Lipinski definition) is 4. The third kappa shape index (κ3) is 4.88. The van der Waals surface area contributed by atoms with Crippen LogP contribution in [0.15, 0.2) is 48.5 Å². The minimum Gasteiger partial charge on any atom is -0.444 e. The Labute approximate surface area is 192 Å². The molecule has 32 heavy (non-hydrogen) atoms. The molecule has 168 valence electrons. The number of piperidine rings is 1. The number of rotatable bonds is 3. The molecule has 8 heteroatoms. The number of benzene rings is 2. The number of nitrogens with one attached hydrogen (secondary N) is 1. The van der Waals surface area contributed by atoms with Crippen molar-refractivity contribution >= 4 is 40.6 Å². The highest BCUT2D eigenvalue weighted by molar-refractivity contribution is 6.30. The van der Waals surface area contributed by atoms with Gasteiger partial charge in [-0.3, -0.25) is 10.1 Å². The highest BCUT2D eigenvalue weighted by atomic mass is 35.5. The third-order valence-electron chi connectivity index (χ3n) is 5.34. The number of imidazole rings is 1. The number of aromatic nitrogens is 2. The van der Waals surface area contributed by atoms with Gasteiger partial charge in [0.2, 0.25) is 5.95 Å². The van der Waals surface area contributed by atoms with E-state index in [1.807, 2.05) is 49.6 Å². The number of carbonyl (C=O) groups is 2. The van der Waals surface area contributed by atoms with Crippen LogP contribution in [0.2, 0.25) is 5.02 Å². The molecule has 0 radical (unpaired) electrons. The normalized spacial score (nSPS) is 16.8. The van der Waals surface area contributed by atoms with Crippen molar-refractivity contribution in [3.63, 3.8) is 0 Å². The summed E-state index contributed by atoms with van der Waals surface area (Å²) in [6.45, 7) is 6.71. The fourth-order valence-corrected chi connectivity index (χ4v) is 4.06. The van der Waals surface area contributed by atoms with Crippen LogP contribution < -0.4 is 5.32 Å². The summed E-state index contributed by atoms with van der Waals surface area (Å²) in [4.78, 5) is 31.9. The fraction of sp³-hybridized carbons (Fsp3) is 0.375. The van der Waals surface area contributed by atoms with Crippen LogP contribution in [0.1, 0.15) is 50.0 Å². The Morgan fingerprint density at radius 2 is 1.84 bits per heavy atom. The highest BCUT2D eigenvalue weighted by Gasteiger charge is 2.30. The number of para-hydroxylation sites is 2. The molecule has 0 aliphatic carbocycles. The number of anilines is 1. The molecule has 1 unspecified atom stereocenters. The number of carbonyl (C=O) groups excluding carboxylic acids is 2. The molecule has 0 spiro atoms. The van der Waals surface area contributed by atoms with Crippen LogP contribution in [0.4, 0.5) is 10.7 Å². The summed E-state index contributed by atoms with van der Waals surface area (Å²) >= 11 is 5.95. The van der Waals surface area contributed by atoms with E-state index < -0.39 is 5.60 Å². The summed E-state index contributed by atoms with van der Waals surface area (Å²) in [6.07, 6.45) is 1.38. The summed E-state index contributed by atoms with van der Waals surface area (Å²) in [6, 6.07) is 14.4. The quantitative estimate of drug-likeness (QED) is 0.565. The second kappa shape index (κ2) is 8.82. The van der Waals surface area contributed by atoms with E-state index in [2.05, 4.69) is 10.3 Å². The van der Waals surface area contributed by atoms with E-state index in [4.69, 9.17) is 16.3 Å². The van der Waals surface area contributed by atoms with Gasteiger partial charge in [0, 0.05) is 23.7 Å². The summed E-state index contributed by atoms with van der Waals surface area (Å²) in [5.74, 6) is 0.195. The van der Waals surface area contributed by atoms with Crippen molar-refractivity contribution in [3.05, 3.63) is 59.1 Å². The van der Waals surface area contributed by atoms with Crippen LogP contribution in [-0.2, 0) is 4.74 Å². The summed E-state index contributed by atoms with van der Waals surface area (Å²) in [5.41, 5.74) is 1.64. The molecule has 3 aromatic rings. The largest absolute Gasteiger partial charge is 0.444 e. The number of fused-ring (bicyclic) bond motifs is 1. The molecule has 2 heterocycles. The van der Waals surface area contributed by atoms with Gasteiger partial charge in [-0.2, -0.15) is 0 Å². The number of likely N-dealkylation sites (tertiary alicyclic amines) is 1. The van der Waals surface area contributed by atoms with Gasteiger partial charge in [0.15, 0.2) is 0 Å². The number of amides is 2. The molecule has 0 saturated carbocycles. The minimum absolute atomic E-state index is 0.0378. The first-order valence-corrected chi connectivity index (χ1v) is 11.1. The van der Waals surface area contributed by atoms with Crippen LogP contribution in [0, 0.1) is 0 Å². The number of halogens is 1. The Kier molecular flexibility index (Phi) is 6.11. The highest BCUT2D eigenvalue weighted by Crippen LogP contribution is 2.31. The zero-order chi connectivity index (χ0) is 22.9. The van der Waals surface area contributed by atoms with Gasteiger partial charge in [0.05, 0.1) is 17.1 Å². The molecule has 1 atom stereocenters. The standard InChI is InChI=1S/C24H27ClN4O3/c1-24(2,3)32-23(31)28-14-6-7-18(15-28)29-20-9-5-4-8-19(20)26-22(29)27-21(30)16-10-12-17(25)13-11-16/h4-5,8-13,18H,6-7,14-15H2,1-3H3,(H,26,27,30). The van der Waals surface area contributed by atoms with Gasteiger partial charge in [-0.05, 0) is 70.0 Å². The molecule has 2 amide bonds. The predicted octanol–water partition coefficient (Wildman–Crippen LogP) is 5.51. The minimum atomic E-state index is -0.552. The zero-order valence-electron chi connectivity index (χ0n) is 18.5. The molecule has 1 N–H and O–H groups in total. The molecule has 7 nitrogen and oxygen atoms in total. The molecular weight excluding hydrogens is 428 g/mol. The van der Waals surface area contributed by atoms with E-state index in [0.29, 0.717) is 29.6 Å². The lowest BCUT2D eigenvalue weighted by Gasteiger charge is -2.35.